The Kier molecular flexibility index (Phi) is 5.37. The second kappa shape index (κ2) is 7.87. The maximum atomic E-state index is 12.2. The number of aromatic nitrogens is 1. The zero-order chi connectivity index (χ0) is 18.5. The number of rotatable bonds is 5. The number of para-hydroxylation sites is 1. The van der Waals surface area contributed by atoms with Crippen LogP contribution in [0.5, 0.6) is 0 Å². The van der Waals surface area contributed by atoms with Crippen molar-refractivity contribution < 1.29 is 9.72 Å². The van der Waals surface area contributed by atoms with Crippen LogP contribution < -0.4 is 0 Å². The maximum absolute atomic E-state index is 12.2. The fraction of sp³-hybridized carbons (Fsp3) is 0.176. The number of pyridine rings is 1. The highest BCUT2D eigenvalue weighted by Crippen LogP contribution is 2.26. The molecule has 0 spiro atoms. The number of amidine groups is 1. The Labute approximate surface area is 153 Å². The predicted molar refractivity (Wildman–Crippen MR) is 100.0 cm³/mol. The van der Waals surface area contributed by atoms with Crippen LogP contribution in [-0.2, 0) is 11.3 Å². The summed E-state index contributed by atoms with van der Waals surface area (Å²) in [5.41, 5.74) is 1.73. The highest BCUT2D eigenvalue weighted by Gasteiger charge is 2.30. The number of benzene rings is 1. The predicted octanol–water partition coefficient (Wildman–Crippen LogP) is 2.85. The molecule has 0 unspecified atom stereocenters. The Hall–Kier alpha value is -3.07. The van der Waals surface area contributed by atoms with Crippen LogP contribution in [0, 0.1) is 10.1 Å². The van der Waals surface area contributed by atoms with Gasteiger partial charge in [0.2, 0.25) is 5.91 Å². The van der Waals surface area contributed by atoms with E-state index in [1.807, 2.05) is 18.2 Å². The minimum Gasteiger partial charge on any atom is -0.284 e. The van der Waals surface area contributed by atoms with Gasteiger partial charge in [0.15, 0.2) is 5.17 Å². The van der Waals surface area contributed by atoms with Gasteiger partial charge in [-0.2, -0.15) is 5.10 Å². The van der Waals surface area contributed by atoms with Crippen LogP contribution in [0.25, 0.3) is 0 Å². The largest absolute Gasteiger partial charge is 0.284 e. The summed E-state index contributed by atoms with van der Waals surface area (Å²) in [4.78, 5) is 28.5. The van der Waals surface area contributed by atoms with Crippen molar-refractivity contribution in [1.82, 2.24) is 9.88 Å². The zero-order valence-corrected chi connectivity index (χ0v) is 14.7. The van der Waals surface area contributed by atoms with Crippen LogP contribution in [0.2, 0.25) is 0 Å². The molecule has 0 aliphatic carbocycles. The Morgan fingerprint density at radius 3 is 2.81 bits per heavy atom. The quantitative estimate of drug-likeness (QED) is 0.458. The molecule has 0 atom stereocenters. The van der Waals surface area contributed by atoms with Gasteiger partial charge in [0, 0.05) is 17.8 Å². The molecule has 1 aliphatic heterocycles. The standard InChI is InChI=1S/C17H15N5O3S/c1-12(14-7-4-5-9-18-14)19-20-17-21(16(23)11-26-17)10-13-6-2-3-8-15(13)22(24)25/h2-9H,10-11H2,1H3/b19-12-,20-17-. The molecule has 1 aromatic carbocycles. The summed E-state index contributed by atoms with van der Waals surface area (Å²) in [5.74, 6) is 0.0787. The molecule has 0 N–H and O–H groups in total. The van der Waals surface area contributed by atoms with Gasteiger partial charge in [-0.05, 0) is 19.1 Å². The number of hydrogen-bond donors (Lipinski definition) is 0. The molecular formula is C17H15N5O3S. The van der Waals surface area contributed by atoms with Crippen LogP contribution in [0.3, 0.4) is 0 Å². The summed E-state index contributed by atoms with van der Waals surface area (Å²) in [6, 6.07) is 11.8. The van der Waals surface area contributed by atoms with Crippen LogP contribution in [0.1, 0.15) is 18.2 Å². The molecule has 1 saturated heterocycles. The first-order chi connectivity index (χ1) is 12.6. The average Bonchev–Trinajstić information content (AvgIpc) is 3.00. The lowest BCUT2D eigenvalue weighted by molar-refractivity contribution is -0.385. The first kappa shape index (κ1) is 17.7. The molecule has 132 valence electrons. The average molecular weight is 369 g/mol. The van der Waals surface area contributed by atoms with E-state index in [-0.39, 0.29) is 23.9 Å². The second-order valence-corrected chi connectivity index (χ2v) is 6.38. The summed E-state index contributed by atoms with van der Waals surface area (Å²) in [5, 5.41) is 19.9. The second-order valence-electron chi connectivity index (χ2n) is 5.44. The lowest BCUT2D eigenvalue weighted by Gasteiger charge is -2.15. The number of carbonyl (C=O) groups is 1. The van der Waals surface area contributed by atoms with E-state index in [0.29, 0.717) is 22.1 Å². The molecule has 3 rings (SSSR count). The smallest absolute Gasteiger partial charge is 0.274 e. The monoisotopic (exact) mass is 369 g/mol. The molecular weight excluding hydrogens is 354 g/mol. The van der Waals surface area contributed by atoms with Gasteiger partial charge in [0.25, 0.3) is 5.69 Å². The third kappa shape index (κ3) is 3.94. The normalized spacial score (nSPS) is 16.3. The van der Waals surface area contributed by atoms with Crippen molar-refractivity contribution in [2.45, 2.75) is 13.5 Å². The third-order valence-corrected chi connectivity index (χ3v) is 4.65. The van der Waals surface area contributed by atoms with Crippen molar-refractivity contribution in [1.29, 1.82) is 0 Å². The van der Waals surface area contributed by atoms with Crippen LogP contribution >= 0.6 is 11.8 Å². The summed E-state index contributed by atoms with van der Waals surface area (Å²) in [6.45, 7) is 1.86. The fourth-order valence-electron chi connectivity index (χ4n) is 2.37. The summed E-state index contributed by atoms with van der Waals surface area (Å²) < 4.78 is 0. The van der Waals surface area contributed by atoms with Crippen molar-refractivity contribution in [3.63, 3.8) is 0 Å². The van der Waals surface area contributed by atoms with Crippen molar-refractivity contribution in [2.75, 3.05) is 5.75 Å². The molecule has 1 fully saturated rings. The van der Waals surface area contributed by atoms with E-state index in [2.05, 4.69) is 15.2 Å². The summed E-state index contributed by atoms with van der Waals surface area (Å²) in [7, 11) is 0. The van der Waals surface area contributed by atoms with E-state index >= 15 is 0 Å². The molecule has 2 heterocycles. The van der Waals surface area contributed by atoms with E-state index in [1.165, 1.54) is 22.7 Å². The van der Waals surface area contributed by atoms with Crippen LogP contribution in [0.15, 0.2) is 58.9 Å². The lowest BCUT2D eigenvalue weighted by atomic mass is 10.1. The molecule has 8 nitrogen and oxygen atoms in total. The Morgan fingerprint density at radius 2 is 2.08 bits per heavy atom. The van der Waals surface area contributed by atoms with Gasteiger partial charge >= 0.3 is 0 Å². The van der Waals surface area contributed by atoms with Crippen molar-refractivity contribution in [3.8, 4) is 0 Å². The number of hydrogen-bond acceptors (Lipinski definition) is 7. The number of nitrogens with zero attached hydrogens (tertiary/aromatic N) is 5. The number of nitro groups is 1. The molecule has 0 bridgehead atoms. The molecule has 1 aromatic heterocycles. The minimum atomic E-state index is -0.455. The summed E-state index contributed by atoms with van der Waals surface area (Å²) in [6.07, 6.45) is 1.66. The zero-order valence-electron chi connectivity index (χ0n) is 13.9. The molecule has 0 radical (unpaired) electrons. The van der Waals surface area contributed by atoms with E-state index in [4.69, 9.17) is 0 Å². The molecule has 0 saturated carbocycles. The highest BCUT2D eigenvalue weighted by molar-refractivity contribution is 8.15. The van der Waals surface area contributed by atoms with Gasteiger partial charge in [-0.3, -0.25) is 24.8 Å². The first-order valence-electron chi connectivity index (χ1n) is 7.75. The maximum Gasteiger partial charge on any atom is 0.274 e. The Bertz CT molecular complexity index is 898. The van der Waals surface area contributed by atoms with Gasteiger partial charge in [-0.25, -0.2) is 0 Å². The van der Waals surface area contributed by atoms with Crippen molar-refractivity contribution in [3.05, 3.63) is 70.0 Å². The van der Waals surface area contributed by atoms with Gasteiger partial charge in [0.05, 0.1) is 28.6 Å². The number of nitro benzene ring substituents is 1. The molecule has 2 aromatic rings. The van der Waals surface area contributed by atoms with E-state index < -0.39 is 4.92 Å². The fourth-order valence-corrected chi connectivity index (χ4v) is 3.20. The highest BCUT2D eigenvalue weighted by atomic mass is 32.2. The molecule has 1 amide bonds. The van der Waals surface area contributed by atoms with E-state index in [1.54, 1.807) is 31.3 Å². The van der Waals surface area contributed by atoms with Crippen LogP contribution in [0.4, 0.5) is 5.69 Å². The van der Waals surface area contributed by atoms with Gasteiger partial charge in [0.1, 0.15) is 0 Å². The minimum absolute atomic E-state index is 0.0234. The molecule has 1 aliphatic rings. The summed E-state index contributed by atoms with van der Waals surface area (Å²) >= 11 is 1.26. The first-order valence-corrected chi connectivity index (χ1v) is 8.74. The SMILES string of the molecule is C/C(=N/N=C1\SCC(=O)N1Cc1ccccc1[N+](=O)[O-])c1ccccn1. The van der Waals surface area contributed by atoms with Gasteiger partial charge < -0.3 is 0 Å². The van der Waals surface area contributed by atoms with E-state index in [0.717, 1.165) is 0 Å². The molecule has 26 heavy (non-hydrogen) atoms. The number of amides is 1. The van der Waals surface area contributed by atoms with Crippen molar-refractivity contribution in [2.24, 2.45) is 10.2 Å². The van der Waals surface area contributed by atoms with Gasteiger partial charge in [-0.15, -0.1) is 5.10 Å². The topological polar surface area (TPSA) is 101 Å². The van der Waals surface area contributed by atoms with E-state index in [9.17, 15) is 14.9 Å². The van der Waals surface area contributed by atoms with Gasteiger partial charge in [-0.1, -0.05) is 36.0 Å². The van der Waals surface area contributed by atoms with Crippen molar-refractivity contribution >= 4 is 34.2 Å². The van der Waals surface area contributed by atoms with Crippen LogP contribution in [-0.4, -0.2) is 37.3 Å². The number of carbonyl (C=O) groups excluding carboxylic acids is 1. The number of thioether (sulfide) groups is 1. The third-order valence-electron chi connectivity index (χ3n) is 3.69. The molecule has 9 heteroatoms. The Balaban J connectivity index is 1.85. The Morgan fingerprint density at radius 1 is 1.31 bits per heavy atom. The lowest BCUT2D eigenvalue weighted by Crippen LogP contribution is -2.29.